The lowest BCUT2D eigenvalue weighted by Crippen LogP contribution is -2.42. The first-order valence-corrected chi connectivity index (χ1v) is 6.34. The van der Waals surface area contributed by atoms with Gasteiger partial charge in [0.15, 0.2) is 11.6 Å². The molecule has 20 heavy (non-hydrogen) atoms. The van der Waals surface area contributed by atoms with Gasteiger partial charge in [-0.05, 0) is 31.5 Å². The summed E-state index contributed by atoms with van der Waals surface area (Å²) in [6.45, 7) is 4.03. The number of aliphatic hydroxyl groups is 1. The predicted octanol–water partition coefficient (Wildman–Crippen LogP) is 1.36. The Morgan fingerprint density at radius 2 is 2.00 bits per heavy atom. The Hall–Kier alpha value is -1.53. The molecule has 4 nitrogen and oxygen atoms in total. The van der Waals surface area contributed by atoms with Gasteiger partial charge in [-0.2, -0.15) is 0 Å². The molecule has 0 saturated carbocycles. The number of hydrogen-bond acceptors (Lipinski definition) is 3. The van der Waals surface area contributed by atoms with Gasteiger partial charge in [-0.25, -0.2) is 8.78 Å². The number of rotatable bonds is 6. The van der Waals surface area contributed by atoms with Crippen LogP contribution in [0.1, 0.15) is 25.5 Å². The summed E-state index contributed by atoms with van der Waals surface area (Å²) >= 11 is 0. The quantitative estimate of drug-likeness (QED) is 0.740. The lowest BCUT2D eigenvalue weighted by atomic mass is 9.92. The molecule has 1 atom stereocenters. The van der Waals surface area contributed by atoms with E-state index in [4.69, 9.17) is 0 Å². The van der Waals surface area contributed by atoms with E-state index in [0.29, 0.717) is 6.54 Å². The molecule has 6 heteroatoms. The van der Waals surface area contributed by atoms with Crippen molar-refractivity contribution in [2.45, 2.75) is 20.0 Å². The number of benzene rings is 1. The second-order valence-electron chi connectivity index (χ2n) is 5.28. The van der Waals surface area contributed by atoms with Crippen LogP contribution in [0.2, 0.25) is 0 Å². The number of amides is 1. The molecule has 0 saturated heterocycles. The van der Waals surface area contributed by atoms with Crippen molar-refractivity contribution in [3.63, 3.8) is 0 Å². The Morgan fingerprint density at radius 3 is 2.55 bits per heavy atom. The summed E-state index contributed by atoms with van der Waals surface area (Å²) in [5.74, 6) is -2.06. The standard InChI is InChI=1S/C14H20F2N2O2/c1-14(2,13(20)17-3)8-18-7-12(19)9-4-5-10(15)11(16)6-9/h4-6,12,18-19H,7-8H2,1-3H3,(H,17,20). The molecule has 112 valence electrons. The maximum Gasteiger partial charge on any atom is 0.226 e. The van der Waals surface area contributed by atoms with Crippen LogP contribution in [0.4, 0.5) is 8.78 Å². The Balaban J connectivity index is 2.53. The summed E-state index contributed by atoms with van der Waals surface area (Å²) in [5.41, 5.74) is -0.336. The highest BCUT2D eigenvalue weighted by atomic mass is 19.2. The van der Waals surface area contributed by atoms with E-state index in [2.05, 4.69) is 10.6 Å². The van der Waals surface area contributed by atoms with Crippen molar-refractivity contribution in [2.24, 2.45) is 5.41 Å². The molecule has 0 bridgehead atoms. The molecule has 1 aromatic carbocycles. The zero-order valence-electron chi connectivity index (χ0n) is 11.8. The topological polar surface area (TPSA) is 61.4 Å². The third-order valence-corrected chi connectivity index (χ3v) is 3.07. The molecule has 0 spiro atoms. The van der Waals surface area contributed by atoms with Crippen molar-refractivity contribution in [1.29, 1.82) is 0 Å². The fourth-order valence-corrected chi connectivity index (χ4v) is 1.78. The first-order chi connectivity index (χ1) is 9.27. The zero-order valence-corrected chi connectivity index (χ0v) is 11.8. The number of carbonyl (C=O) groups excluding carboxylic acids is 1. The van der Waals surface area contributed by atoms with Crippen LogP contribution in [0.15, 0.2) is 18.2 Å². The highest BCUT2D eigenvalue weighted by Gasteiger charge is 2.26. The van der Waals surface area contributed by atoms with Gasteiger partial charge >= 0.3 is 0 Å². The molecule has 0 aliphatic carbocycles. The van der Waals surface area contributed by atoms with E-state index in [1.54, 1.807) is 20.9 Å². The van der Waals surface area contributed by atoms with Gasteiger partial charge in [0.05, 0.1) is 11.5 Å². The summed E-state index contributed by atoms with van der Waals surface area (Å²) in [5, 5.41) is 15.4. The normalized spacial score (nSPS) is 13.1. The van der Waals surface area contributed by atoms with Crippen molar-refractivity contribution < 1.29 is 18.7 Å². The summed E-state index contributed by atoms with van der Waals surface area (Å²) in [4.78, 5) is 11.6. The molecule has 1 amide bonds. The highest BCUT2D eigenvalue weighted by molar-refractivity contribution is 5.81. The fraction of sp³-hybridized carbons (Fsp3) is 0.500. The molecular weight excluding hydrogens is 266 g/mol. The minimum Gasteiger partial charge on any atom is -0.387 e. The smallest absolute Gasteiger partial charge is 0.226 e. The minimum atomic E-state index is -0.993. The van der Waals surface area contributed by atoms with Gasteiger partial charge in [-0.1, -0.05) is 6.07 Å². The largest absolute Gasteiger partial charge is 0.387 e. The van der Waals surface area contributed by atoms with Crippen molar-refractivity contribution >= 4 is 5.91 Å². The molecule has 0 fully saturated rings. The Morgan fingerprint density at radius 1 is 1.35 bits per heavy atom. The van der Waals surface area contributed by atoms with Crippen LogP contribution < -0.4 is 10.6 Å². The predicted molar refractivity (Wildman–Crippen MR) is 72.0 cm³/mol. The van der Waals surface area contributed by atoms with E-state index in [0.717, 1.165) is 12.1 Å². The van der Waals surface area contributed by atoms with E-state index in [1.165, 1.54) is 6.07 Å². The SMILES string of the molecule is CNC(=O)C(C)(C)CNCC(O)c1ccc(F)c(F)c1. The number of hydrogen-bond donors (Lipinski definition) is 3. The van der Waals surface area contributed by atoms with Crippen LogP contribution in [0.3, 0.4) is 0 Å². The van der Waals surface area contributed by atoms with Gasteiger partial charge in [0.1, 0.15) is 0 Å². The first-order valence-electron chi connectivity index (χ1n) is 6.34. The summed E-state index contributed by atoms with van der Waals surface area (Å²) in [7, 11) is 1.56. The maximum atomic E-state index is 13.0. The average Bonchev–Trinajstić information content (AvgIpc) is 2.40. The molecule has 0 aliphatic heterocycles. The van der Waals surface area contributed by atoms with Crippen molar-refractivity contribution in [1.82, 2.24) is 10.6 Å². The number of halogens is 2. The lowest BCUT2D eigenvalue weighted by molar-refractivity contribution is -0.128. The van der Waals surface area contributed by atoms with E-state index >= 15 is 0 Å². The molecule has 0 radical (unpaired) electrons. The van der Waals surface area contributed by atoms with Crippen LogP contribution in [-0.2, 0) is 4.79 Å². The monoisotopic (exact) mass is 286 g/mol. The van der Waals surface area contributed by atoms with Gasteiger partial charge in [0.25, 0.3) is 0 Å². The van der Waals surface area contributed by atoms with Crippen LogP contribution in [0, 0.1) is 17.0 Å². The number of aliphatic hydroxyl groups excluding tert-OH is 1. The third-order valence-electron chi connectivity index (χ3n) is 3.07. The number of carbonyl (C=O) groups is 1. The number of nitrogens with one attached hydrogen (secondary N) is 2. The first kappa shape index (κ1) is 16.5. The Bertz CT molecular complexity index is 478. The molecule has 1 unspecified atom stereocenters. The van der Waals surface area contributed by atoms with Crippen molar-refractivity contribution in [2.75, 3.05) is 20.1 Å². The minimum absolute atomic E-state index is 0.118. The van der Waals surface area contributed by atoms with Crippen molar-refractivity contribution in [3.8, 4) is 0 Å². The zero-order chi connectivity index (χ0) is 15.3. The van der Waals surface area contributed by atoms with E-state index in [1.807, 2.05) is 0 Å². The van der Waals surface area contributed by atoms with E-state index in [9.17, 15) is 18.7 Å². The van der Waals surface area contributed by atoms with E-state index in [-0.39, 0.29) is 18.0 Å². The molecule has 1 rings (SSSR count). The lowest BCUT2D eigenvalue weighted by Gasteiger charge is -2.23. The van der Waals surface area contributed by atoms with Gasteiger partial charge in [-0.15, -0.1) is 0 Å². The van der Waals surface area contributed by atoms with Gasteiger partial charge < -0.3 is 15.7 Å². The molecule has 0 aliphatic rings. The van der Waals surface area contributed by atoms with E-state index < -0.39 is 23.2 Å². The van der Waals surface area contributed by atoms with Gasteiger partial charge in [0.2, 0.25) is 5.91 Å². The second kappa shape index (κ2) is 6.76. The van der Waals surface area contributed by atoms with Gasteiger partial charge in [0, 0.05) is 20.1 Å². The van der Waals surface area contributed by atoms with Crippen LogP contribution in [0.5, 0.6) is 0 Å². The highest BCUT2D eigenvalue weighted by Crippen LogP contribution is 2.17. The van der Waals surface area contributed by atoms with Crippen LogP contribution >= 0.6 is 0 Å². The fourth-order valence-electron chi connectivity index (χ4n) is 1.78. The molecule has 0 aromatic heterocycles. The molecule has 0 heterocycles. The molecule has 3 N–H and O–H groups in total. The maximum absolute atomic E-state index is 13.0. The van der Waals surface area contributed by atoms with Crippen LogP contribution in [0.25, 0.3) is 0 Å². The summed E-state index contributed by atoms with van der Waals surface area (Å²) in [6.07, 6.45) is -0.967. The summed E-state index contributed by atoms with van der Waals surface area (Å²) in [6, 6.07) is 3.27. The van der Waals surface area contributed by atoms with Gasteiger partial charge in [-0.3, -0.25) is 4.79 Å². The third kappa shape index (κ3) is 4.25. The molecule has 1 aromatic rings. The average molecular weight is 286 g/mol. The van der Waals surface area contributed by atoms with Crippen molar-refractivity contribution in [3.05, 3.63) is 35.4 Å². The second-order valence-corrected chi connectivity index (χ2v) is 5.28. The Labute approximate surface area is 117 Å². The Kier molecular flexibility index (Phi) is 5.59. The summed E-state index contributed by atoms with van der Waals surface area (Å²) < 4.78 is 25.8. The molecular formula is C14H20F2N2O2. The van der Waals surface area contributed by atoms with Crippen LogP contribution in [-0.4, -0.2) is 31.2 Å².